The van der Waals surface area contributed by atoms with Crippen molar-refractivity contribution in [3.8, 4) is 0 Å². The van der Waals surface area contributed by atoms with Gasteiger partial charge < -0.3 is 4.57 Å². The van der Waals surface area contributed by atoms with E-state index in [4.69, 9.17) is 0 Å². The molecule has 0 saturated heterocycles. The Hall–Kier alpha value is -0.900. The Labute approximate surface area is 103 Å². The number of Topliss-reactive ketones (excluding diaryl/α,β-unsaturated/α-hetero) is 1. The molecular formula is C12H14BrNO2. The van der Waals surface area contributed by atoms with Gasteiger partial charge in [-0.3, -0.25) is 9.59 Å². The number of nitrogens with zero attached hydrogens (tertiary/aromatic N) is 1. The van der Waals surface area contributed by atoms with Gasteiger partial charge >= 0.3 is 0 Å². The van der Waals surface area contributed by atoms with E-state index in [-0.39, 0.29) is 23.8 Å². The number of aromatic nitrogens is 1. The average molecular weight is 284 g/mol. The van der Waals surface area contributed by atoms with E-state index in [0.717, 1.165) is 25.7 Å². The summed E-state index contributed by atoms with van der Waals surface area (Å²) in [5.74, 6) is 0.364. The fraction of sp³-hybridized carbons (Fsp3) is 0.500. The highest BCUT2D eigenvalue weighted by Crippen LogP contribution is 2.25. The number of hydrogen-bond donors (Lipinski definition) is 0. The number of ketones is 1. The molecule has 86 valence electrons. The van der Waals surface area contributed by atoms with Crippen LogP contribution in [0.25, 0.3) is 0 Å². The Balaban J connectivity index is 2.11. The van der Waals surface area contributed by atoms with Crippen molar-refractivity contribution in [3.05, 3.63) is 33.2 Å². The molecule has 1 aromatic rings. The normalized spacial score (nSPS) is 16.6. The zero-order chi connectivity index (χ0) is 11.5. The SMILES string of the molecule is O=C(Cn1cccc(Br)c1=O)C1CCCC1. The fourth-order valence-electron chi connectivity index (χ4n) is 2.18. The van der Waals surface area contributed by atoms with Crippen molar-refractivity contribution >= 4 is 21.7 Å². The lowest BCUT2D eigenvalue weighted by atomic mass is 10.0. The molecule has 1 aliphatic carbocycles. The van der Waals surface area contributed by atoms with Crippen molar-refractivity contribution in [3.63, 3.8) is 0 Å². The molecule has 0 aliphatic heterocycles. The first-order valence-corrected chi connectivity index (χ1v) is 6.35. The van der Waals surface area contributed by atoms with Gasteiger partial charge in [-0.2, -0.15) is 0 Å². The summed E-state index contributed by atoms with van der Waals surface area (Å²) in [4.78, 5) is 23.6. The highest BCUT2D eigenvalue weighted by atomic mass is 79.9. The highest BCUT2D eigenvalue weighted by Gasteiger charge is 2.22. The van der Waals surface area contributed by atoms with Crippen LogP contribution in [0.3, 0.4) is 0 Å². The first-order chi connectivity index (χ1) is 7.68. The van der Waals surface area contributed by atoms with E-state index in [2.05, 4.69) is 15.9 Å². The van der Waals surface area contributed by atoms with Crippen LogP contribution < -0.4 is 5.56 Å². The fourth-order valence-corrected chi connectivity index (χ4v) is 2.56. The summed E-state index contributed by atoms with van der Waals surface area (Å²) in [5, 5.41) is 0. The maximum Gasteiger partial charge on any atom is 0.265 e. The molecule has 0 aromatic carbocycles. The summed E-state index contributed by atoms with van der Waals surface area (Å²) >= 11 is 3.17. The Morgan fingerprint density at radius 1 is 1.44 bits per heavy atom. The second-order valence-electron chi connectivity index (χ2n) is 4.24. The summed E-state index contributed by atoms with van der Waals surface area (Å²) in [6, 6.07) is 3.46. The van der Waals surface area contributed by atoms with Crippen LogP contribution in [0.5, 0.6) is 0 Å². The molecule has 1 saturated carbocycles. The van der Waals surface area contributed by atoms with Crippen molar-refractivity contribution in [1.29, 1.82) is 0 Å². The van der Waals surface area contributed by atoms with Crippen LogP contribution in [0.15, 0.2) is 27.6 Å². The van der Waals surface area contributed by atoms with E-state index in [1.54, 1.807) is 18.3 Å². The molecule has 16 heavy (non-hydrogen) atoms. The molecule has 2 rings (SSSR count). The van der Waals surface area contributed by atoms with Gasteiger partial charge in [-0.1, -0.05) is 12.8 Å². The van der Waals surface area contributed by atoms with E-state index in [9.17, 15) is 9.59 Å². The molecule has 3 nitrogen and oxygen atoms in total. The van der Waals surface area contributed by atoms with Crippen molar-refractivity contribution in [2.45, 2.75) is 32.2 Å². The van der Waals surface area contributed by atoms with Gasteiger partial charge in [0.15, 0.2) is 5.78 Å². The van der Waals surface area contributed by atoms with Gasteiger partial charge in [-0.15, -0.1) is 0 Å². The van der Waals surface area contributed by atoms with Crippen LogP contribution >= 0.6 is 15.9 Å². The summed E-state index contributed by atoms with van der Waals surface area (Å²) < 4.78 is 1.99. The summed E-state index contributed by atoms with van der Waals surface area (Å²) in [7, 11) is 0. The maximum atomic E-state index is 11.9. The molecule has 0 atom stereocenters. The van der Waals surface area contributed by atoms with Crippen LogP contribution in [-0.2, 0) is 11.3 Å². The minimum atomic E-state index is -0.131. The van der Waals surface area contributed by atoms with Crippen LogP contribution in [0.2, 0.25) is 0 Å². The molecule has 0 bridgehead atoms. The molecule has 0 radical (unpaired) electrons. The third kappa shape index (κ3) is 2.43. The third-order valence-corrected chi connectivity index (χ3v) is 3.71. The van der Waals surface area contributed by atoms with Crippen molar-refractivity contribution in [2.75, 3.05) is 0 Å². The van der Waals surface area contributed by atoms with E-state index in [1.807, 2.05) is 0 Å². The molecule has 1 heterocycles. The topological polar surface area (TPSA) is 39.1 Å². The molecule has 0 N–H and O–H groups in total. The maximum absolute atomic E-state index is 11.9. The van der Waals surface area contributed by atoms with Crippen LogP contribution in [-0.4, -0.2) is 10.4 Å². The monoisotopic (exact) mass is 283 g/mol. The number of halogens is 1. The molecular weight excluding hydrogens is 270 g/mol. The Morgan fingerprint density at radius 2 is 2.12 bits per heavy atom. The molecule has 1 aliphatic rings. The number of pyridine rings is 1. The Kier molecular flexibility index (Phi) is 3.59. The quantitative estimate of drug-likeness (QED) is 0.854. The average Bonchev–Trinajstić information content (AvgIpc) is 2.78. The number of carbonyl (C=O) groups excluding carboxylic acids is 1. The first kappa shape index (κ1) is 11.6. The van der Waals surface area contributed by atoms with E-state index < -0.39 is 0 Å². The number of hydrogen-bond acceptors (Lipinski definition) is 2. The lowest BCUT2D eigenvalue weighted by molar-refractivity contribution is -0.123. The summed E-state index contributed by atoms with van der Waals surface area (Å²) in [6.45, 7) is 0.211. The molecule has 4 heteroatoms. The van der Waals surface area contributed by atoms with Gasteiger partial charge in [-0.05, 0) is 40.9 Å². The minimum absolute atomic E-state index is 0.131. The van der Waals surface area contributed by atoms with Gasteiger partial charge in [0.1, 0.15) is 0 Å². The van der Waals surface area contributed by atoms with Crippen molar-refractivity contribution in [1.82, 2.24) is 4.57 Å². The Morgan fingerprint density at radius 3 is 2.81 bits per heavy atom. The zero-order valence-corrected chi connectivity index (χ0v) is 10.6. The van der Waals surface area contributed by atoms with E-state index in [1.165, 1.54) is 4.57 Å². The number of rotatable bonds is 3. The van der Waals surface area contributed by atoms with Gasteiger partial charge in [0.25, 0.3) is 5.56 Å². The van der Waals surface area contributed by atoms with Crippen molar-refractivity contribution in [2.24, 2.45) is 5.92 Å². The van der Waals surface area contributed by atoms with E-state index >= 15 is 0 Å². The molecule has 0 amide bonds. The van der Waals surface area contributed by atoms with Crippen LogP contribution in [0, 0.1) is 5.92 Å². The van der Waals surface area contributed by atoms with Gasteiger partial charge in [0.2, 0.25) is 0 Å². The lowest BCUT2D eigenvalue weighted by Crippen LogP contribution is -2.26. The second kappa shape index (κ2) is 4.95. The first-order valence-electron chi connectivity index (χ1n) is 5.56. The molecule has 1 fully saturated rings. The largest absolute Gasteiger partial charge is 0.307 e. The standard InChI is InChI=1S/C12H14BrNO2/c13-10-6-3-7-14(12(10)16)8-11(15)9-4-1-2-5-9/h3,6-7,9H,1-2,4-5,8H2. The minimum Gasteiger partial charge on any atom is -0.307 e. The van der Waals surface area contributed by atoms with Gasteiger partial charge in [-0.25, -0.2) is 0 Å². The Bertz CT molecular complexity index is 447. The smallest absolute Gasteiger partial charge is 0.265 e. The predicted octanol–water partition coefficient (Wildman–Crippen LogP) is 2.37. The van der Waals surface area contributed by atoms with Gasteiger partial charge in [0.05, 0.1) is 11.0 Å². The van der Waals surface area contributed by atoms with Crippen molar-refractivity contribution < 1.29 is 4.79 Å². The molecule has 0 spiro atoms. The second-order valence-corrected chi connectivity index (χ2v) is 5.09. The molecule has 1 aromatic heterocycles. The van der Waals surface area contributed by atoms with Crippen LogP contribution in [0.4, 0.5) is 0 Å². The van der Waals surface area contributed by atoms with Crippen LogP contribution in [0.1, 0.15) is 25.7 Å². The number of carbonyl (C=O) groups is 1. The van der Waals surface area contributed by atoms with E-state index in [0.29, 0.717) is 4.47 Å². The van der Waals surface area contributed by atoms with Gasteiger partial charge in [0, 0.05) is 12.1 Å². The summed E-state index contributed by atoms with van der Waals surface area (Å²) in [5.41, 5.74) is -0.131. The molecule has 0 unspecified atom stereocenters. The highest BCUT2D eigenvalue weighted by molar-refractivity contribution is 9.10. The lowest BCUT2D eigenvalue weighted by Gasteiger charge is -2.09. The third-order valence-electron chi connectivity index (χ3n) is 3.11. The summed E-state index contributed by atoms with van der Waals surface area (Å²) in [6.07, 6.45) is 5.93. The predicted molar refractivity (Wildman–Crippen MR) is 65.4 cm³/mol. The zero-order valence-electron chi connectivity index (χ0n) is 8.99.